The number of ether oxygens (including phenoxy) is 1. The second-order valence-electron chi connectivity index (χ2n) is 5.77. The summed E-state index contributed by atoms with van der Waals surface area (Å²) in [5.74, 6) is 1.34. The summed E-state index contributed by atoms with van der Waals surface area (Å²) in [6.07, 6.45) is 6.25. The van der Waals surface area contributed by atoms with E-state index in [1.807, 2.05) is 35.9 Å². The molecule has 0 atom stereocenters. The summed E-state index contributed by atoms with van der Waals surface area (Å²) >= 11 is 0. The lowest BCUT2D eigenvalue weighted by Gasteiger charge is -2.23. The van der Waals surface area contributed by atoms with E-state index in [9.17, 15) is 0 Å². The van der Waals surface area contributed by atoms with E-state index in [1.165, 1.54) is 37.8 Å². The molecule has 0 unspecified atom stereocenters. The van der Waals surface area contributed by atoms with Crippen LogP contribution in [0.25, 0.3) is 5.69 Å². The second kappa shape index (κ2) is 6.92. The molecule has 1 aliphatic rings. The number of rotatable bonds is 5. The predicted octanol–water partition coefficient (Wildman–Crippen LogP) is 3.17. The summed E-state index contributed by atoms with van der Waals surface area (Å²) in [4.78, 5) is 0. The number of nitrogens with zero attached hydrogens (tertiary/aromatic N) is 3. The van der Waals surface area contributed by atoms with Crippen LogP contribution in [-0.4, -0.2) is 21.6 Å². The normalized spacial score (nSPS) is 15.9. The summed E-state index contributed by atoms with van der Waals surface area (Å²) in [6, 6.07) is 8.00. The van der Waals surface area contributed by atoms with Crippen molar-refractivity contribution in [1.82, 2.24) is 15.0 Å². The molecule has 22 heavy (non-hydrogen) atoms. The van der Waals surface area contributed by atoms with E-state index in [2.05, 4.69) is 10.3 Å². The zero-order valence-electron chi connectivity index (χ0n) is 13.2. The average molecular weight is 300 g/mol. The van der Waals surface area contributed by atoms with Gasteiger partial charge in [-0.1, -0.05) is 36.6 Å². The Hall–Kier alpha value is -1.88. The maximum Gasteiger partial charge on any atom is 0.145 e. The van der Waals surface area contributed by atoms with Crippen LogP contribution in [0.1, 0.15) is 56.3 Å². The molecule has 118 valence electrons. The van der Waals surface area contributed by atoms with E-state index >= 15 is 0 Å². The quantitative estimate of drug-likeness (QED) is 0.921. The summed E-state index contributed by atoms with van der Waals surface area (Å²) in [5, 5.41) is 8.70. The fourth-order valence-corrected chi connectivity index (χ4v) is 3.34. The number of hydrogen-bond donors (Lipinski definition) is 1. The van der Waals surface area contributed by atoms with Gasteiger partial charge in [0.15, 0.2) is 0 Å². The highest BCUT2D eigenvalue weighted by Crippen LogP contribution is 2.36. The van der Waals surface area contributed by atoms with E-state index in [-0.39, 0.29) is 0 Å². The minimum atomic E-state index is 0.433. The van der Waals surface area contributed by atoms with Crippen LogP contribution in [0, 0.1) is 0 Å². The van der Waals surface area contributed by atoms with Crippen LogP contribution in [0.15, 0.2) is 24.3 Å². The first-order valence-corrected chi connectivity index (χ1v) is 8.22. The molecule has 1 fully saturated rings. The Bertz CT molecular complexity index is 617. The van der Waals surface area contributed by atoms with E-state index in [4.69, 9.17) is 10.5 Å². The monoisotopic (exact) mass is 300 g/mol. The van der Waals surface area contributed by atoms with Crippen LogP contribution in [0.4, 0.5) is 0 Å². The van der Waals surface area contributed by atoms with Crippen LogP contribution < -0.4 is 10.5 Å². The van der Waals surface area contributed by atoms with Gasteiger partial charge >= 0.3 is 0 Å². The number of para-hydroxylation sites is 2. The van der Waals surface area contributed by atoms with Crippen molar-refractivity contribution in [2.75, 3.05) is 6.61 Å². The molecule has 3 rings (SSSR count). The summed E-state index contributed by atoms with van der Waals surface area (Å²) < 4.78 is 7.70. The van der Waals surface area contributed by atoms with Gasteiger partial charge in [0.2, 0.25) is 0 Å². The molecule has 1 aliphatic carbocycles. The second-order valence-corrected chi connectivity index (χ2v) is 5.77. The summed E-state index contributed by atoms with van der Waals surface area (Å²) in [7, 11) is 0. The Morgan fingerprint density at radius 3 is 2.73 bits per heavy atom. The van der Waals surface area contributed by atoms with Gasteiger partial charge in [-0.3, -0.25) is 0 Å². The standard InChI is InChI=1S/C17H24N4O/c1-2-22-16-11-7-6-10-15(16)21-17(14(12-18)19-20-21)13-8-4-3-5-9-13/h6-7,10-11,13H,2-5,8-9,12,18H2,1H3. The van der Waals surface area contributed by atoms with Crippen LogP contribution in [0.3, 0.4) is 0 Å². The lowest BCUT2D eigenvalue weighted by atomic mass is 9.86. The molecule has 2 aromatic rings. The van der Waals surface area contributed by atoms with Gasteiger partial charge in [0.25, 0.3) is 0 Å². The van der Waals surface area contributed by atoms with Gasteiger partial charge in [-0.25, -0.2) is 4.68 Å². The van der Waals surface area contributed by atoms with Crippen LogP contribution in [0.5, 0.6) is 5.75 Å². The SMILES string of the molecule is CCOc1ccccc1-n1nnc(CN)c1C1CCCCC1. The topological polar surface area (TPSA) is 66.0 Å². The van der Waals surface area contributed by atoms with Crippen molar-refractivity contribution in [2.45, 2.75) is 51.5 Å². The third kappa shape index (κ3) is 2.86. The van der Waals surface area contributed by atoms with E-state index in [0.29, 0.717) is 19.1 Å². The molecule has 1 aromatic carbocycles. The molecular weight excluding hydrogens is 276 g/mol. The largest absolute Gasteiger partial charge is 0.492 e. The van der Waals surface area contributed by atoms with E-state index < -0.39 is 0 Å². The van der Waals surface area contributed by atoms with Crippen molar-refractivity contribution in [3.05, 3.63) is 35.7 Å². The highest BCUT2D eigenvalue weighted by molar-refractivity contribution is 5.47. The van der Waals surface area contributed by atoms with E-state index in [0.717, 1.165) is 17.1 Å². The first kappa shape index (κ1) is 15.0. The smallest absolute Gasteiger partial charge is 0.145 e. The number of aromatic nitrogens is 3. The lowest BCUT2D eigenvalue weighted by molar-refractivity contribution is 0.337. The molecular formula is C17H24N4O. The molecule has 1 aromatic heterocycles. The zero-order chi connectivity index (χ0) is 15.4. The van der Waals surface area contributed by atoms with Gasteiger partial charge in [0.1, 0.15) is 17.1 Å². The number of nitrogens with two attached hydrogens (primary N) is 1. The van der Waals surface area contributed by atoms with Crippen LogP contribution >= 0.6 is 0 Å². The molecule has 0 radical (unpaired) electrons. The fourth-order valence-electron chi connectivity index (χ4n) is 3.34. The van der Waals surface area contributed by atoms with Gasteiger partial charge in [-0.05, 0) is 31.9 Å². The predicted molar refractivity (Wildman–Crippen MR) is 86.2 cm³/mol. The van der Waals surface area contributed by atoms with Crippen molar-refractivity contribution in [3.63, 3.8) is 0 Å². The molecule has 2 N–H and O–H groups in total. The molecule has 1 heterocycles. The van der Waals surface area contributed by atoms with E-state index in [1.54, 1.807) is 0 Å². The molecule has 0 amide bonds. The van der Waals surface area contributed by atoms with Gasteiger partial charge in [0.05, 0.1) is 12.3 Å². The Labute approximate surface area is 131 Å². The minimum Gasteiger partial charge on any atom is -0.492 e. The highest BCUT2D eigenvalue weighted by atomic mass is 16.5. The lowest BCUT2D eigenvalue weighted by Crippen LogP contribution is -2.14. The van der Waals surface area contributed by atoms with Crippen molar-refractivity contribution >= 4 is 0 Å². The Balaban J connectivity index is 2.05. The molecule has 0 spiro atoms. The van der Waals surface area contributed by atoms with Gasteiger partial charge in [-0.2, -0.15) is 0 Å². The molecule has 0 bridgehead atoms. The number of benzene rings is 1. The van der Waals surface area contributed by atoms with Gasteiger partial charge in [-0.15, -0.1) is 5.10 Å². The fraction of sp³-hybridized carbons (Fsp3) is 0.529. The maximum atomic E-state index is 5.90. The van der Waals surface area contributed by atoms with Crippen molar-refractivity contribution in [3.8, 4) is 11.4 Å². The first-order chi connectivity index (χ1) is 10.8. The van der Waals surface area contributed by atoms with Crippen molar-refractivity contribution < 1.29 is 4.74 Å². The van der Waals surface area contributed by atoms with Crippen LogP contribution in [-0.2, 0) is 6.54 Å². The van der Waals surface area contributed by atoms with Crippen LogP contribution in [0.2, 0.25) is 0 Å². The Morgan fingerprint density at radius 1 is 1.23 bits per heavy atom. The van der Waals surface area contributed by atoms with Crippen molar-refractivity contribution in [1.29, 1.82) is 0 Å². The Kier molecular flexibility index (Phi) is 4.73. The molecule has 0 saturated heterocycles. The average Bonchev–Trinajstić information content (AvgIpc) is 3.00. The van der Waals surface area contributed by atoms with Crippen molar-refractivity contribution in [2.24, 2.45) is 5.73 Å². The third-order valence-corrected chi connectivity index (χ3v) is 4.36. The molecule has 1 saturated carbocycles. The Morgan fingerprint density at radius 2 is 2.00 bits per heavy atom. The molecule has 5 heteroatoms. The zero-order valence-corrected chi connectivity index (χ0v) is 13.2. The molecule has 5 nitrogen and oxygen atoms in total. The maximum absolute atomic E-state index is 5.90. The number of hydrogen-bond acceptors (Lipinski definition) is 4. The first-order valence-electron chi connectivity index (χ1n) is 8.22. The summed E-state index contributed by atoms with van der Waals surface area (Å²) in [5.41, 5.74) is 8.94. The van der Waals surface area contributed by atoms with Gasteiger partial charge in [0, 0.05) is 12.5 Å². The minimum absolute atomic E-state index is 0.433. The highest BCUT2D eigenvalue weighted by Gasteiger charge is 2.25. The summed E-state index contributed by atoms with van der Waals surface area (Å²) in [6.45, 7) is 3.06. The van der Waals surface area contributed by atoms with Gasteiger partial charge < -0.3 is 10.5 Å². The third-order valence-electron chi connectivity index (χ3n) is 4.36. The molecule has 0 aliphatic heterocycles.